The van der Waals surface area contributed by atoms with Crippen LogP contribution in [0.5, 0.6) is 0 Å². The molecule has 11 heavy (non-hydrogen) atoms. The summed E-state index contributed by atoms with van der Waals surface area (Å²) in [5.74, 6) is 0. The Balaban J connectivity index is 2.94. The Kier molecular flexibility index (Phi) is 1.50. The van der Waals surface area contributed by atoms with Crippen LogP contribution in [0.4, 0.5) is 0 Å². The molecule has 0 unspecified atom stereocenters. The zero-order valence-electron chi connectivity index (χ0n) is 6.10. The third-order valence-corrected chi connectivity index (χ3v) is 2.36. The minimum Gasteiger partial charge on any atom is -0.463 e. The van der Waals surface area contributed by atoms with Crippen LogP contribution >= 0.6 is 15.9 Å². The monoisotopic (exact) mass is 210 g/mol. The third-order valence-electron chi connectivity index (χ3n) is 1.75. The summed E-state index contributed by atoms with van der Waals surface area (Å²) >= 11 is 3.41. The molecule has 0 bridgehead atoms. The van der Waals surface area contributed by atoms with E-state index in [1.54, 1.807) is 6.26 Å². The number of hydrogen-bond acceptors (Lipinski definition) is 1. The Bertz CT molecular complexity index is 389. The third kappa shape index (κ3) is 0.979. The fourth-order valence-electron chi connectivity index (χ4n) is 1.17. The standard InChI is InChI=1S/C9H7BrO/c1-6-3-2-4-7-8(10)5-11-9(6)7/h2-5H,1H3. The van der Waals surface area contributed by atoms with E-state index in [0.717, 1.165) is 15.4 Å². The van der Waals surface area contributed by atoms with Crippen LogP contribution < -0.4 is 0 Å². The van der Waals surface area contributed by atoms with Gasteiger partial charge in [-0.25, -0.2) is 0 Å². The molecular formula is C9H7BrO. The summed E-state index contributed by atoms with van der Waals surface area (Å²) in [5.41, 5.74) is 2.15. The maximum atomic E-state index is 5.33. The number of aryl methyl sites for hydroxylation is 1. The van der Waals surface area contributed by atoms with Gasteiger partial charge in [0.1, 0.15) is 11.8 Å². The van der Waals surface area contributed by atoms with Gasteiger partial charge < -0.3 is 4.42 Å². The van der Waals surface area contributed by atoms with Crippen LogP contribution in [0.15, 0.2) is 33.4 Å². The molecule has 1 nitrogen and oxygen atoms in total. The maximum Gasteiger partial charge on any atom is 0.137 e. The van der Waals surface area contributed by atoms with Crippen molar-refractivity contribution in [1.82, 2.24) is 0 Å². The van der Waals surface area contributed by atoms with Crippen LogP contribution in [-0.4, -0.2) is 0 Å². The lowest BCUT2D eigenvalue weighted by atomic mass is 10.2. The summed E-state index contributed by atoms with van der Waals surface area (Å²) in [6.07, 6.45) is 1.72. The Labute approximate surface area is 73.1 Å². The van der Waals surface area contributed by atoms with Gasteiger partial charge in [0.05, 0.1) is 4.47 Å². The number of fused-ring (bicyclic) bond motifs is 1. The van der Waals surface area contributed by atoms with E-state index in [-0.39, 0.29) is 0 Å². The molecule has 2 heteroatoms. The average molecular weight is 211 g/mol. The first-order valence-electron chi connectivity index (χ1n) is 3.41. The van der Waals surface area contributed by atoms with Gasteiger partial charge in [-0.2, -0.15) is 0 Å². The molecule has 0 N–H and O–H groups in total. The smallest absolute Gasteiger partial charge is 0.137 e. The Morgan fingerprint density at radius 3 is 2.91 bits per heavy atom. The second-order valence-corrected chi connectivity index (χ2v) is 3.39. The summed E-state index contributed by atoms with van der Waals surface area (Å²) in [4.78, 5) is 0. The Morgan fingerprint density at radius 1 is 1.36 bits per heavy atom. The van der Waals surface area contributed by atoms with E-state index in [1.165, 1.54) is 5.56 Å². The maximum absolute atomic E-state index is 5.33. The van der Waals surface area contributed by atoms with Gasteiger partial charge in [-0.15, -0.1) is 0 Å². The summed E-state index contributed by atoms with van der Waals surface area (Å²) in [6.45, 7) is 2.04. The molecule has 0 atom stereocenters. The van der Waals surface area contributed by atoms with Gasteiger partial charge in [0.15, 0.2) is 0 Å². The van der Waals surface area contributed by atoms with Crippen molar-refractivity contribution in [2.45, 2.75) is 6.92 Å². The SMILES string of the molecule is Cc1cccc2c(Br)coc12. The molecule has 2 aromatic rings. The lowest BCUT2D eigenvalue weighted by Gasteiger charge is -1.91. The Hall–Kier alpha value is -0.760. The van der Waals surface area contributed by atoms with Crippen molar-refractivity contribution in [2.24, 2.45) is 0 Å². The predicted octanol–water partition coefficient (Wildman–Crippen LogP) is 3.50. The van der Waals surface area contributed by atoms with Gasteiger partial charge in [0, 0.05) is 5.39 Å². The first-order chi connectivity index (χ1) is 5.29. The van der Waals surface area contributed by atoms with Crippen molar-refractivity contribution in [3.8, 4) is 0 Å². The average Bonchev–Trinajstić information content (AvgIpc) is 2.35. The van der Waals surface area contributed by atoms with E-state index in [2.05, 4.69) is 15.9 Å². The number of benzene rings is 1. The zero-order valence-corrected chi connectivity index (χ0v) is 7.68. The predicted molar refractivity (Wildman–Crippen MR) is 48.7 cm³/mol. The first-order valence-corrected chi connectivity index (χ1v) is 4.20. The van der Waals surface area contributed by atoms with Gasteiger partial charge in [0.25, 0.3) is 0 Å². The molecule has 56 valence electrons. The van der Waals surface area contributed by atoms with E-state index < -0.39 is 0 Å². The molecule has 1 aromatic heterocycles. The van der Waals surface area contributed by atoms with Gasteiger partial charge in [-0.05, 0) is 34.5 Å². The molecule has 1 heterocycles. The fraction of sp³-hybridized carbons (Fsp3) is 0.111. The molecule has 0 saturated carbocycles. The zero-order chi connectivity index (χ0) is 7.84. The quantitative estimate of drug-likeness (QED) is 0.649. The Morgan fingerprint density at radius 2 is 2.18 bits per heavy atom. The van der Waals surface area contributed by atoms with E-state index in [0.29, 0.717) is 0 Å². The number of para-hydroxylation sites is 1. The molecule has 0 aliphatic rings. The number of hydrogen-bond donors (Lipinski definition) is 0. The van der Waals surface area contributed by atoms with Crippen molar-refractivity contribution in [2.75, 3.05) is 0 Å². The van der Waals surface area contributed by atoms with Crippen LogP contribution in [-0.2, 0) is 0 Å². The highest BCUT2D eigenvalue weighted by Crippen LogP contribution is 2.27. The fourth-order valence-corrected chi connectivity index (χ4v) is 1.58. The molecule has 0 spiro atoms. The minimum absolute atomic E-state index is 0.972. The minimum atomic E-state index is 0.972. The van der Waals surface area contributed by atoms with Crippen LogP contribution in [0.3, 0.4) is 0 Å². The number of furan rings is 1. The van der Waals surface area contributed by atoms with Crippen molar-refractivity contribution in [3.05, 3.63) is 34.5 Å². The summed E-state index contributed by atoms with van der Waals surface area (Å²) in [6, 6.07) is 6.10. The van der Waals surface area contributed by atoms with Crippen molar-refractivity contribution in [1.29, 1.82) is 0 Å². The summed E-state index contributed by atoms with van der Waals surface area (Å²) in [7, 11) is 0. The molecule has 1 aromatic carbocycles. The molecule has 0 fully saturated rings. The molecule has 0 radical (unpaired) electrons. The van der Waals surface area contributed by atoms with Crippen LogP contribution in [0, 0.1) is 6.92 Å². The highest BCUT2D eigenvalue weighted by molar-refractivity contribution is 9.10. The van der Waals surface area contributed by atoms with Crippen molar-refractivity contribution < 1.29 is 4.42 Å². The van der Waals surface area contributed by atoms with Gasteiger partial charge in [0.2, 0.25) is 0 Å². The van der Waals surface area contributed by atoms with E-state index in [1.807, 2.05) is 25.1 Å². The molecule has 2 rings (SSSR count). The van der Waals surface area contributed by atoms with E-state index >= 15 is 0 Å². The summed E-state index contributed by atoms with van der Waals surface area (Å²) < 4.78 is 6.36. The molecule has 0 saturated heterocycles. The number of halogens is 1. The van der Waals surface area contributed by atoms with Crippen LogP contribution in [0.2, 0.25) is 0 Å². The van der Waals surface area contributed by atoms with Gasteiger partial charge in [-0.3, -0.25) is 0 Å². The summed E-state index contributed by atoms with van der Waals surface area (Å²) in [5, 5.41) is 1.14. The first kappa shape index (κ1) is 6.92. The second-order valence-electron chi connectivity index (χ2n) is 2.54. The highest BCUT2D eigenvalue weighted by atomic mass is 79.9. The topological polar surface area (TPSA) is 13.1 Å². The van der Waals surface area contributed by atoms with Crippen molar-refractivity contribution in [3.63, 3.8) is 0 Å². The van der Waals surface area contributed by atoms with E-state index in [9.17, 15) is 0 Å². The van der Waals surface area contributed by atoms with Gasteiger partial charge >= 0.3 is 0 Å². The normalized spacial score (nSPS) is 10.7. The lowest BCUT2D eigenvalue weighted by Crippen LogP contribution is -1.70. The number of rotatable bonds is 0. The van der Waals surface area contributed by atoms with Gasteiger partial charge in [-0.1, -0.05) is 12.1 Å². The molecule has 0 aliphatic carbocycles. The largest absolute Gasteiger partial charge is 0.463 e. The van der Waals surface area contributed by atoms with Crippen LogP contribution in [0.25, 0.3) is 11.0 Å². The van der Waals surface area contributed by atoms with E-state index in [4.69, 9.17) is 4.42 Å². The molecule has 0 amide bonds. The molecular weight excluding hydrogens is 204 g/mol. The van der Waals surface area contributed by atoms with Crippen molar-refractivity contribution >= 4 is 26.9 Å². The lowest BCUT2D eigenvalue weighted by molar-refractivity contribution is 0.611. The van der Waals surface area contributed by atoms with Crippen LogP contribution in [0.1, 0.15) is 5.56 Å². The molecule has 0 aliphatic heterocycles. The highest BCUT2D eigenvalue weighted by Gasteiger charge is 2.03. The second kappa shape index (κ2) is 2.38.